The van der Waals surface area contributed by atoms with Gasteiger partial charge in [0.25, 0.3) is 0 Å². The molecule has 0 radical (unpaired) electrons. The van der Waals surface area contributed by atoms with Gasteiger partial charge in [-0.3, -0.25) is 0 Å². The van der Waals surface area contributed by atoms with Crippen molar-refractivity contribution < 1.29 is 23.0 Å². The normalized spacial score (nSPS) is 14.7. The third-order valence-corrected chi connectivity index (χ3v) is 3.89. The van der Waals surface area contributed by atoms with Gasteiger partial charge in [-0.25, -0.2) is 13.2 Å². The van der Waals surface area contributed by atoms with Crippen LogP contribution in [0.4, 0.5) is 13.2 Å². The molecule has 2 aromatic carbocycles. The second-order valence-electron chi connectivity index (χ2n) is 4.75. The third-order valence-electron chi connectivity index (χ3n) is 3.43. The molecule has 1 N–H and O–H groups in total. The quantitative estimate of drug-likeness (QED) is 0.825. The lowest BCUT2D eigenvalue weighted by atomic mass is 9.97. The molecule has 3 rings (SSSR count). The van der Waals surface area contributed by atoms with Crippen molar-refractivity contribution in [2.75, 3.05) is 6.61 Å². The molecule has 2 nitrogen and oxygen atoms in total. The summed E-state index contributed by atoms with van der Waals surface area (Å²) in [5.41, 5.74) is 0.868. The van der Waals surface area contributed by atoms with Gasteiger partial charge in [0.05, 0.1) is 6.61 Å². The average Bonchev–Trinajstić information content (AvgIpc) is 2.91. The molecule has 0 amide bonds. The number of hydrogen-bond donors (Lipinski definition) is 1. The summed E-state index contributed by atoms with van der Waals surface area (Å²) in [6, 6.07) is 5.24. The van der Waals surface area contributed by atoms with Crippen molar-refractivity contribution in [3.05, 3.63) is 62.9 Å². The van der Waals surface area contributed by atoms with E-state index < -0.39 is 23.6 Å². The molecule has 21 heavy (non-hydrogen) atoms. The smallest absolute Gasteiger partial charge is 0.194 e. The molecular weight excluding hydrogens is 349 g/mol. The van der Waals surface area contributed by atoms with Crippen LogP contribution in [0.5, 0.6) is 5.75 Å². The van der Waals surface area contributed by atoms with Gasteiger partial charge in [0.15, 0.2) is 17.5 Å². The number of fused-ring (bicyclic) bond motifs is 1. The van der Waals surface area contributed by atoms with E-state index in [1.165, 1.54) is 0 Å². The minimum atomic E-state index is -1.60. The summed E-state index contributed by atoms with van der Waals surface area (Å²) in [6.07, 6.45) is -0.765. The maximum Gasteiger partial charge on any atom is 0.194 e. The molecule has 0 aromatic heterocycles. The van der Waals surface area contributed by atoms with Gasteiger partial charge in [0.1, 0.15) is 11.9 Å². The fourth-order valence-corrected chi connectivity index (χ4v) is 2.94. The second-order valence-corrected chi connectivity index (χ2v) is 5.66. The SMILES string of the molecule is OC(c1ccc(F)c(F)c1F)c1cc(Br)cc2c1OCC2. The fourth-order valence-electron chi connectivity index (χ4n) is 2.42. The molecule has 6 heteroatoms. The zero-order valence-corrected chi connectivity index (χ0v) is 12.3. The summed E-state index contributed by atoms with van der Waals surface area (Å²) >= 11 is 3.31. The van der Waals surface area contributed by atoms with Gasteiger partial charge in [0, 0.05) is 22.0 Å². The highest BCUT2D eigenvalue weighted by atomic mass is 79.9. The Morgan fingerprint density at radius 3 is 2.62 bits per heavy atom. The Balaban J connectivity index is 2.12. The molecule has 0 aliphatic carbocycles. The zero-order valence-electron chi connectivity index (χ0n) is 10.7. The highest BCUT2D eigenvalue weighted by Gasteiger charge is 2.26. The molecule has 0 saturated heterocycles. The van der Waals surface area contributed by atoms with Crippen LogP contribution in [0, 0.1) is 17.5 Å². The van der Waals surface area contributed by atoms with Crippen molar-refractivity contribution in [1.29, 1.82) is 0 Å². The molecule has 0 fully saturated rings. The van der Waals surface area contributed by atoms with Gasteiger partial charge in [-0.1, -0.05) is 22.0 Å². The summed E-state index contributed by atoms with van der Waals surface area (Å²) in [6.45, 7) is 0.464. The molecule has 1 aliphatic heterocycles. The molecule has 0 bridgehead atoms. The van der Waals surface area contributed by atoms with Crippen molar-refractivity contribution in [2.24, 2.45) is 0 Å². The first kappa shape index (κ1) is 14.4. The molecule has 0 saturated carbocycles. The van der Waals surface area contributed by atoms with E-state index in [-0.39, 0.29) is 5.56 Å². The first-order valence-electron chi connectivity index (χ1n) is 6.25. The van der Waals surface area contributed by atoms with Crippen molar-refractivity contribution in [3.8, 4) is 5.75 Å². The molecule has 0 spiro atoms. The third kappa shape index (κ3) is 2.42. The molecule has 2 aromatic rings. The monoisotopic (exact) mass is 358 g/mol. The first-order chi connectivity index (χ1) is 9.99. The predicted octanol–water partition coefficient (Wildman–Crippen LogP) is 3.88. The van der Waals surface area contributed by atoms with Gasteiger partial charge in [0.2, 0.25) is 0 Å². The van der Waals surface area contributed by atoms with Crippen LogP contribution in [0.2, 0.25) is 0 Å². The molecule has 1 aliphatic rings. The van der Waals surface area contributed by atoms with E-state index in [9.17, 15) is 18.3 Å². The average molecular weight is 359 g/mol. The van der Waals surface area contributed by atoms with Crippen LogP contribution in [0.3, 0.4) is 0 Å². The van der Waals surface area contributed by atoms with E-state index in [1.807, 2.05) is 6.07 Å². The first-order valence-corrected chi connectivity index (χ1v) is 7.05. The summed E-state index contributed by atoms with van der Waals surface area (Å²) in [5, 5.41) is 10.3. The van der Waals surface area contributed by atoms with Crippen LogP contribution in [0.15, 0.2) is 28.7 Å². The zero-order chi connectivity index (χ0) is 15.1. The predicted molar refractivity (Wildman–Crippen MR) is 73.7 cm³/mol. The Morgan fingerprint density at radius 2 is 1.86 bits per heavy atom. The Bertz CT molecular complexity index is 719. The van der Waals surface area contributed by atoms with Crippen LogP contribution < -0.4 is 4.74 Å². The number of aliphatic hydroxyl groups excluding tert-OH is 1. The number of halogens is 4. The highest BCUT2D eigenvalue weighted by Crippen LogP contribution is 2.39. The standard InChI is InChI=1S/C15H10BrF3O2/c16-8-5-7-3-4-21-15(7)10(6-8)14(20)9-1-2-11(17)13(19)12(9)18/h1-2,5-6,14,20H,3-4H2. The number of aliphatic hydroxyl groups is 1. The fraction of sp³-hybridized carbons (Fsp3) is 0.200. The lowest BCUT2D eigenvalue weighted by Crippen LogP contribution is -2.07. The van der Waals surface area contributed by atoms with Crippen LogP contribution >= 0.6 is 15.9 Å². The molecule has 1 heterocycles. The van der Waals surface area contributed by atoms with Gasteiger partial charge >= 0.3 is 0 Å². The molecule has 110 valence electrons. The Kier molecular flexibility index (Phi) is 3.67. The second kappa shape index (κ2) is 5.35. The van der Waals surface area contributed by atoms with Crippen molar-refractivity contribution in [1.82, 2.24) is 0 Å². The van der Waals surface area contributed by atoms with E-state index in [2.05, 4.69) is 15.9 Å². The highest BCUT2D eigenvalue weighted by molar-refractivity contribution is 9.10. The Hall–Kier alpha value is -1.53. The summed E-state index contributed by atoms with van der Waals surface area (Å²) in [4.78, 5) is 0. The van der Waals surface area contributed by atoms with E-state index in [0.29, 0.717) is 28.8 Å². The van der Waals surface area contributed by atoms with Crippen LogP contribution in [-0.2, 0) is 6.42 Å². The van der Waals surface area contributed by atoms with Crippen LogP contribution in [0.1, 0.15) is 22.8 Å². The van der Waals surface area contributed by atoms with Gasteiger partial charge in [-0.05, 0) is 23.8 Å². The van der Waals surface area contributed by atoms with E-state index in [4.69, 9.17) is 4.74 Å². The molecular formula is C15H10BrF3O2. The van der Waals surface area contributed by atoms with Crippen molar-refractivity contribution in [3.63, 3.8) is 0 Å². The van der Waals surface area contributed by atoms with E-state index in [1.54, 1.807) is 6.07 Å². The number of hydrogen-bond acceptors (Lipinski definition) is 2. The summed E-state index contributed by atoms with van der Waals surface area (Å²) < 4.78 is 46.3. The lowest BCUT2D eigenvalue weighted by molar-refractivity contribution is 0.206. The van der Waals surface area contributed by atoms with Crippen molar-refractivity contribution >= 4 is 15.9 Å². The Morgan fingerprint density at radius 1 is 1.10 bits per heavy atom. The minimum absolute atomic E-state index is 0.321. The van der Waals surface area contributed by atoms with Crippen LogP contribution in [0.25, 0.3) is 0 Å². The summed E-state index contributed by atoms with van der Waals surface area (Å²) in [7, 11) is 0. The largest absolute Gasteiger partial charge is 0.493 e. The van der Waals surface area contributed by atoms with E-state index in [0.717, 1.165) is 17.7 Å². The van der Waals surface area contributed by atoms with Crippen molar-refractivity contribution in [2.45, 2.75) is 12.5 Å². The minimum Gasteiger partial charge on any atom is -0.493 e. The topological polar surface area (TPSA) is 29.5 Å². The van der Waals surface area contributed by atoms with Gasteiger partial charge < -0.3 is 9.84 Å². The number of benzene rings is 2. The summed E-state index contributed by atoms with van der Waals surface area (Å²) in [5.74, 6) is -3.82. The molecule has 1 atom stereocenters. The Labute approximate surface area is 127 Å². The van der Waals surface area contributed by atoms with Crippen LogP contribution in [-0.4, -0.2) is 11.7 Å². The number of ether oxygens (including phenoxy) is 1. The van der Waals surface area contributed by atoms with Gasteiger partial charge in [-0.15, -0.1) is 0 Å². The number of rotatable bonds is 2. The molecule has 1 unspecified atom stereocenters. The van der Waals surface area contributed by atoms with E-state index >= 15 is 0 Å². The maximum atomic E-state index is 13.8. The maximum absolute atomic E-state index is 13.8. The lowest BCUT2D eigenvalue weighted by Gasteiger charge is -2.16. The van der Waals surface area contributed by atoms with Gasteiger partial charge in [-0.2, -0.15) is 0 Å².